The summed E-state index contributed by atoms with van der Waals surface area (Å²) in [7, 11) is 0. The predicted octanol–water partition coefficient (Wildman–Crippen LogP) is 2.36. The molecule has 0 fully saturated rings. The molecule has 106 valence electrons. The van der Waals surface area contributed by atoms with E-state index in [0.717, 1.165) is 0 Å². The molecule has 0 heterocycles. The van der Waals surface area contributed by atoms with Crippen molar-refractivity contribution in [3.8, 4) is 0 Å². The molecular weight excluding hydrogens is 273 g/mol. The Kier molecular flexibility index (Phi) is 4.46. The van der Waals surface area contributed by atoms with Crippen LogP contribution in [0.5, 0.6) is 0 Å². The second-order valence-electron chi connectivity index (χ2n) is 3.70. The van der Waals surface area contributed by atoms with Gasteiger partial charge in [0.1, 0.15) is 0 Å². The van der Waals surface area contributed by atoms with Gasteiger partial charge in [0.25, 0.3) is 0 Å². The van der Waals surface area contributed by atoms with E-state index in [-0.39, 0.29) is 12.3 Å². The maximum Gasteiger partial charge on any atom is 0.463 e. The first-order valence-corrected chi connectivity index (χ1v) is 5.14. The summed E-state index contributed by atoms with van der Waals surface area (Å²) in [5, 5.41) is 10.1. The molecule has 2 N–H and O–H groups in total. The molecule has 0 aromatic heterocycles. The normalized spacial score (nSPS) is 12.3. The highest BCUT2D eigenvalue weighted by Gasteiger charge is 2.63. The third-order valence-electron chi connectivity index (χ3n) is 2.25. The maximum absolute atomic E-state index is 12.6. The lowest BCUT2D eigenvalue weighted by atomic mass is 10.1. The first-order valence-electron chi connectivity index (χ1n) is 5.14. The van der Waals surface area contributed by atoms with Crippen LogP contribution in [0, 0.1) is 0 Å². The molecule has 0 aliphatic heterocycles. The molecule has 0 aliphatic carbocycles. The summed E-state index contributed by atoms with van der Waals surface area (Å²) in [4.78, 5) is 10.9. The van der Waals surface area contributed by atoms with Crippen LogP contribution in [0.15, 0.2) is 24.3 Å². The molecule has 0 unspecified atom stereocenters. The summed E-state index contributed by atoms with van der Waals surface area (Å²) < 4.78 is 61.0. The van der Waals surface area contributed by atoms with E-state index in [4.69, 9.17) is 5.11 Å². The van der Waals surface area contributed by atoms with Gasteiger partial charge in [0, 0.05) is 12.3 Å². The summed E-state index contributed by atoms with van der Waals surface area (Å²) in [5.74, 6) is -7.88. The van der Waals surface area contributed by atoms with Crippen molar-refractivity contribution in [3.63, 3.8) is 0 Å². The molecule has 3 nitrogen and oxygen atoms in total. The van der Waals surface area contributed by atoms with Crippen molar-refractivity contribution >= 4 is 11.6 Å². The zero-order chi connectivity index (χ0) is 14.7. The Morgan fingerprint density at radius 3 is 2.05 bits per heavy atom. The van der Waals surface area contributed by atoms with Crippen molar-refractivity contribution in [3.05, 3.63) is 29.8 Å². The number of aliphatic hydroxyl groups is 1. The van der Waals surface area contributed by atoms with Crippen molar-refractivity contribution in [2.45, 2.75) is 18.5 Å². The van der Waals surface area contributed by atoms with Gasteiger partial charge in [0.2, 0.25) is 0 Å². The summed E-state index contributed by atoms with van der Waals surface area (Å²) >= 11 is 0. The van der Waals surface area contributed by atoms with Gasteiger partial charge in [-0.1, -0.05) is 12.1 Å². The lowest BCUT2D eigenvalue weighted by Crippen LogP contribution is -2.47. The highest BCUT2D eigenvalue weighted by Crippen LogP contribution is 2.36. The molecule has 0 saturated heterocycles. The van der Waals surface area contributed by atoms with Crippen molar-refractivity contribution in [1.82, 2.24) is 0 Å². The Hall–Kier alpha value is -1.70. The first kappa shape index (κ1) is 15.4. The van der Waals surface area contributed by atoms with Crippen LogP contribution in [0.3, 0.4) is 0 Å². The molecule has 1 aromatic rings. The average molecular weight is 283 g/mol. The van der Waals surface area contributed by atoms with Crippen LogP contribution < -0.4 is 5.32 Å². The second kappa shape index (κ2) is 5.52. The lowest BCUT2D eigenvalue weighted by Gasteiger charge is -2.18. The number of hydrogen-bond acceptors (Lipinski definition) is 2. The molecular formula is C11H10F5NO2. The minimum Gasteiger partial charge on any atom is -0.396 e. The third-order valence-corrected chi connectivity index (χ3v) is 2.25. The lowest BCUT2D eigenvalue weighted by molar-refractivity contribution is -0.267. The maximum atomic E-state index is 12.6. The van der Waals surface area contributed by atoms with E-state index in [1.54, 1.807) is 0 Å². The van der Waals surface area contributed by atoms with Crippen LogP contribution in [0.25, 0.3) is 0 Å². The molecule has 0 atom stereocenters. The van der Waals surface area contributed by atoms with Gasteiger partial charge in [-0.05, 0) is 24.1 Å². The van der Waals surface area contributed by atoms with E-state index in [1.165, 1.54) is 29.6 Å². The number of rotatable bonds is 4. The number of aliphatic hydroxyl groups excluding tert-OH is 1. The van der Waals surface area contributed by atoms with Gasteiger partial charge >= 0.3 is 18.0 Å². The van der Waals surface area contributed by atoms with Crippen LogP contribution in [0.2, 0.25) is 0 Å². The van der Waals surface area contributed by atoms with E-state index in [2.05, 4.69) is 0 Å². The third kappa shape index (κ3) is 3.63. The Morgan fingerprint density at radius 2 is 1.63 bits per heavy atom. The number of amides is 1. The highest BCUT2D eigenvalue weighted by atomic mass is 19.4. The van der Waals surface area contributed by atoms with Gasteiger partial charge in [-0.2, -0.15) is 22.0 Å². The number of hydrogen-bond donors (Lipinski definition) is 2. The molecule has 1 amide bonds. The SMILES string of the molecule is O=C(Nc1ccc(CCO)cc1)C(F)(F)C(F)(F)F. The zero-order valence-electron chi connectivity index (χ0n) is 9.47. The quantitative estimate of drug-likeness (QED) is 0.833. The highest BCUT2D eigenvalue weighted by molar-refractivity contribution is 5.96. The van der Waals surface area contributed by atoms with Crippen molar-refractivity contribution < 1.29 is 31.9 Å². The Bertz CT molecular complexity index is 441. The zero-order valence-corrected chi connectivity index (χ0v) is 9.47. The Balaban J connectivity index is 2.77. The monoisotopic (exact) mass is 283 g/mol. The Morgan fingerprint density at radius 1 is 1.11 bits per heavy atom. The molecule has 0 radical (unpaired) electrons. The number of alkyl halides is 5. The standard InChI is InChI=1S/C11H10F5NO2/c12-10(13,11(14,15)16)9(19)17-8-3-1-7(2-4-8)5-6-18/h1-4,18H,5-6H2,(H,17,19). The van der Waals surface area contributed by atoms with Gasteiger partial charge in [0.15, 0.2) is 0 Å². The van der Waals surface area contributed by atoms with Crippen molar-refractivity contribution in [2.24, 2.45) is 0 Å². The van der Waals surface area contributed by atoms with Crippen LogP contribution >= 0.6 is 0 Å². The number of carbonyl (C=O) groups excluding carboxylic acids is 1. The molecule has 19 heavy (non-hydrogen) atoms. The molecule has 0 saturated carbocycles. The van der Waals surface area contributed by atoms with E-state index in [9.17, 15) is 26.7 Å². The number of anilines is 1. The predicted molar refractivity (Wildman–Crippen MR) is 56.9 cm³/mol. The largest absolute Gasteiger partial charge is 0.463 e. The van der Waals surface area contributed by atoms with E-state index in [1.807, 2.05) is 0 Å². The fourth-order valence-corrected chi connectivity index (χ4v) is 1.22. The van der Waals surface area contributed by atoms with Crippen molar-refractivity contribution in [1.29, 1.82) is 0 Å². The fourth-order valence-electron chi connectivity index (χ4n) is 1.22. The van der Waals surface area contributed by atoms with Gasteiger partial charge in [-0.25, -0.2) is 0 Å². The van der Waals surface area contributed by atoms with E-state index in [0.29, 0.717) is 12.0 Å². The number of halogens is 5. The average Bonchev–Trinajstić information content (AvgIpc) is 2.30. The molecule has 8 heteroatoms. The molecule has 1 aromatic carbocycles. The van der Waals surface area contributed by atoms with Gasteiger partial charge in [0.05, 0.1) is 0 Å². The minimum absolute atomic E-state index is 0.127. The molecule has 0 bridgehead atoms. The van der Waals surface area contributed by atoms with Gasteiger partial charge in [-0.15, -0.1) is 0 Å². The molecule has 0 spiro atoms. The molecule has 0 aliphatic rings. The van der Waals surface area contributed by atoms with Gasteiger partial charge < -0.3 is 10.4 Å². The summed E-state index contributed by atoms with van der Waals surface area (Å²) in [6, 6.07) is 5.15. The summed E-state index contributed by atoms with van der Waals surface area (Å²) in [6.07, 6.45) is -5.62. The molecule has 1 rings (SSSR count). The topological polar surface area (TPSA) is 49.3 Å². The number of nitrogens with one attached hydrogen (secondary N) is 1. The smallest absolute Gasteiger partial charge is 0.396 e. The minimum atomic E-state index is -5.94. The number of benzene rings is 1. The summed E-state index contributed by atoms with van der Waals surface area (Å²) in [5.41, 5.74) is 0.471. The second-order valence-corrected chi connectivity index (χ2v) is 3.70. The van der Waals surface area contributed by atoms with Gasteiger partial charge in [-0.3, -0.25) is 4.79 Å². The van der Waals surface area contributed by atoms with Crippen molar-refractivity contribution in [2.75, 3.05) is 11.9 Å². The van der Waals surface area contributed by atoms with Crippen LogP contribution in [-0.4, -0.2) is 29.7 Å². The first-order chi connectivity index (χ1) is 8.68. The number of carbonyl (C=O) groups is 1. The van der Waals surface area contributed by atoms with Crippen LogP contribution in [0.4, 0.5) is 27.6 Å². The van der Waals surface area contributed by atoms with E-state index < -0.39 is 18.0 Å². The van der Waals surface area contributed by atoms with E-state index >= 15 is 0 Å². The fraction of sp³-hybridized carbons (Fsp3) is 0.364. The Labute approximate surface area is 105 Å². The van der Waals surface area contributed by atoms with Crippen LogP contribution in [0.1, 0.15) is 5.56 Å². The summed E-state index contributed by atoms with van der Waals surface area (Å²) in [6.45, 7) is -0.127. The van der Waals surface area contributed by atoms with Crippen LogP contribution in [-0.2, 0) is 11.2 Å².